The number of hydrogen-bond acceptors (Lipinski definition) is 4. The minimum atomic E-state index is -3.53. The number of nitrogens with two attached hydrogens (primary N) is 1. The lowest BCUT2D eigenvalue weighted by atomic mass is 10.2. The van der Waals surface area contributed by atoms with Crippen LogP contribution in [0.4, 0.5) is 17.1 Å². The predicted molar refractivity (Wildman–Crippen MR) is 81.6 cm³/mol. The summed E-state index contributed by atoms with van der Waals surface area (Å²) in [5.41, 5.74) is 8.81. The van der Waals surface area contributed by atoms with E-state index in [0.717, 1.165) is 16.9 Å². The van der Waals surface area contributed by atoms with Gasteiger partial charge in [0.25, 0.3) is 0 Å². The van der Waals surface area contributed by atoms with E-state index in [-0.39, 0.29) is 10.6 Å². The van der Waals surface area contributed by atoms with Gasteiger partial charge in [0.2, 0.25) is 10.0 Å². The standard InChI is InChI=1S/C14H17N3O2S/c1-10-4-3-5-11(8-10)17-12-6-7-14(13(15)9-12)20(18,19)16-2/h3-9,16-17H,15H2,1-2H3. The van der Waals surface area contributed by atoms with Crippen LogP contribution >= 0.6 is 0 Å². The maximum atomic E-state index is 11.7. The van der Waals surface area contributed by atoms with E-state index in [2.05, 4.69) is 10.0 Å². The number of rotatable bonds is 4. The van der Waals surface area contributed by atoms with E-state index in [9.17, 15) is 8.42 Å². The first-order chi connectivity index (χ1) is 9.42. The minimum Gasteiger partial charge on any atom is -0.398 e. The highest BCUT2D eigenvalue weighted by molar-refractivity contribution is 7.89. The second-order valence-corrected chi connectivity index (χ2v) is 6.31. The first kappa shape index (κ1) is 14.4. The molecule has 6 heteroatoms. The highest BCUT2D eigenvalue weighted by atomic mass is 32.2. The van der Waals surface area contributed by atoms with Gasteiger partial charge in [-0.1, -0.05) is 12.1 Å². The molecule has 5 nitrogen and oxygen atoms in total. The number of benzene rings is 2. The van der Waals surface area contributed by atoms with E-state index in [1.54, 1.807) is 12.1 Å². The zero-order valence-corrected chi connectivity index (χ0v) is 12.2. The van der Waals surface area contributed by atoms with Crippen molar-refractivity contribution in [3.63, 3.8) is 0 Å². The largest absolute Gasteiger partial charge is 0.398 e. The van der Waals surface area contributed by atoms with Crippen LogP contribution in [0.5, 0.6) is 0 Å². The molecule has 0 aliphatic heterocycles. The Morgan fingerprint density at radius 1 is 1.05 bits per heavy atom. The Morgan fingerprint density at radius 3 is 2.35 bits per heavy atom. The Labute approximate surface area is 118 Å². The molecule has 0 amide bonds. The molecule has 0 radical (unpaired) electrons. The van der Waals surface area contributed by atoms with Crippen LogP contribution < -0.4 is 15.8 Å². The lowest BCUT2D eigenvalue weighted by Crippen LogP contribution is -2.19. The minimum absolute atomic E-state index is 0.0785. The average Bonchev–Trinajstić information content (AvgIpc) is 2.38. The fourth-order valence-electron chi connectivity index (χ4n) is 1.87. The highest BCUT2D eigenvalue weighted by Gasteiger charge is 2.15. The molecule has 106 valence electrons. The second kappa shape index (κ2) is 5.52. The first-order valence-corrected chi connectivity index (χ1v) is 7.57. The summed E-state index contributed by atoms with van der Waals surface area (Å²) in [5, 5.41) is 3.19. The summed E-state index contributed by atoms with van der Waals surface area (Å²) < 4.78 is 25.7. The molecule has 0 aliphatic carbocycles. The van der Waals surface area contributed by atoms with Gasteiger partial charge in [-0.25, -0.2) is 13.1 Å². The number of sulfonamides is 1. The molecule has 0 heterocycles. The van der Waals surface area contributed by atoms with Crippen LogP contribution in [0, 0.1) is 6.92 Å². The molecule has 0 saturated heterocycles. The molecule has 2 aromatic rings. The van der Waals surface area contributed by atoms with Crippen LogP contribution in [0.15, 0.2) is 47.4 Å². The van der Waals surface area contributed by atoms with E-state index < -0.39 is 10.0 Å². The summed E-state index contributed by atoms with van der Waals surface area (Å²) in [6.45, 7) is 2.00. The van der Waals surface area contributed by atoms with Gasteiger partial charge in [-0.3, -0.25) is 0 Å². The van der Waals surface area contributed by atoms with Crippen molar-refractivity contribution in [2.45, 2.75) is 11.8 Å². The molecule has 0 unspecified atom stereocenters. The van der Waals surface area contributed by atoms with Crippen molar-refractivity contribution in [1.29, 1.82) is 0 Å². The first-order valence-electron chi connectivity index (χ1n) is 6.09. The average molecular weight is 291 g/mol. The molecule has 0 aromatic heterocycles. The fourth-order valence-corrected chi connectivity index (χ4v) is 2.71. The maximum absolute atomic E-state index is 11.7. The predicted octanol–water partition coefficient (Wildman–Crippen LogP) is 2.23. The molecule has 0 atom stereocenters. The van der Waals surface area contributed by atoms with Gasteiger partial charge in [-0.15, -0.1) is 0 Å². The molecule has 2 aromatic carbocycles. The molecule has 0 bridgehead atoms. The van der Waals surface area contributed by atoms with Gasteiger partial charge in [0.1, 0.15) is 4.90 Å². The van der Waals surface area contributed by atoms with E-state index >= 15 is 0 Å². The summed E-state index contributed by atoms with van der Waals surface area (Å²) >= 11 is 0. The van der Waals surface area contributed by atoms with Crippen LogP contribution in [0.3, 0.4) is 0 Å². The summed E-state index contributed by atoms with van der Waals surface area (Å²) in [6, 6.07) is 12.6. The summed E-state index contributed by atoms with van der Waals surface area (Å²) in [5.74, 6) is 0. The van der Waals surface area contributed by atoms with Crippen LogP contribution in [0.25, 0.3) is 0 Å². The third kappa shape index (κ3) is 3.09. The van der Waals surface area contributed by atoms with Gasteiger partial charge >= 0.3 is 0 Å². The maximum Gasteiger partial charge on any atom is 0.242 e. The molecule has 0 saturated carbocycles. The molecular formula is C14H17N3O2S. The summed E-state index contributed by atoms with van der Waals surface area (Å²) in [6.07, 6.45) is 0. The van der Waals surface area contributed by atoms with Crippen LogP contribution in [-0.2, 0) is 10.0 Å². The van der Waals surface area contributed by atoms with Gasteiger partial charge in [0.15, 0.2) is 0 Å². The van der Waals surface area contributed by atoms with E-state index in [1.807, 2.05) is 31.2 Å². The van der Waals surface area contributed by atoms with Gasteiger partial charge in [-0.2, -0.15) is 0 Å². The third-order valence-electron chi connectivity index (χ3n) is 2.87. The molecule has 20 heavy (non-hydrogen) atoms. The Balaban J connectivity index is 2.30. The van der Waals surface area contributed by atoms with E-state index in [1.165, 1.54) is 13.1 Å². The topological polar surface area (TPSA) is 84.2 Å². The number of hydrogen-bond donors (Lipinski definition) is 3. The Morgan fingerprint density at radius 2 is 1.75 bits per heavy atom. The van der Waals surface area contributed by atoms with E-state index in [0.29, 0.717) is 0 Å². The molecule has 0 spiro atoms. The number of aryl methyl sites for hydroxylation is 1. The van der Waals surface area contributed by atoms with Crippen molar-refractivity contribution in [3.8, 4) is 0 Å². The second-order valence-electron chi connectivity index (χ2n) is 4.45. The summed E-state index contributed by atoms with van der Waals surface area (Å²) in [7, 11) is -2.17. The van der Waals surface area contributed by atoms with Gasteiger partial charge < -0.3 is 11.1 Å². The Bertz CT molecular complexity index is 727. The molecule has 4 N–H and O–H groups in total. The number of nitrogen functional groups attached to an aromatic ring is 1. The summed E-state index contributed by atoms with van der Waals surface area (Å²) in [4.78, 5) is 0.0785. The van der Waals surface area contributed by atoms with Gasteiger partial charge in [-0.05, 0) is 49.9 Å². The van der Waals surface area contributed by atoms with Gasteiger partial charge in [0.05, 0.1) is 5.69 Å². The fraction of sp³-hybridized carbons (Fsp3) is 0.143. The van der Waals surface area contributed by atoms with E-state index in [4.69, 9.17) is 5.73 Å². The number of nitrogens with one attached hydrogen (secondary N) is 2. The third-order valence-corrected chi connectivity index (χ3v) is 4.36. The smallest absolute Gasteiger partial charge is 0.242 e. The van der Waals surface area contributed by atoms with Crippen molar-refractivity contribution < 1.29 is 8.42 Å². The Kier molecular flexibility index (Phi) is 3.96. The zero-order chi connectivity index (χ0) is 14.8. The van der Waals surface area contributed by atoms with Crippen molar-refractivity contribution in [2.75, 3.05) is 18.1 Å². The highest BCUT2D eigenvalue weighted by Crippen LogP contribution is 2.24. The lowest BCUT2D eigenvalue weighted by molar-refractivity contribution is 0.588. The molecule has 0 aliphatic rings. The quantitative estimate of drug-likeness (QED) is 0.754. The van der Waals surface area contributed by atoms with Crippen molar-refractivity contribution in [1.82, 2.24) is 4.72 Å². The number of anilines is 3. The van der Waals surface area contributed by atoms with Crippen LogP contribution in [-0.4, -0.2) is 15.5 Å². The zero-order valence-electron chi connectivity index (χ0n) is 11.3. The Hall–Kier alpha value is -2.05. The molecule has 0 fully saturated rings. The normalized spacial score (nSPS) is 11.3. The van der Waals surface area contributed by atoms with Crippen molar-refractivity contribution in [3.05, 3.63) is 48.0 Å². The van der Waals surface area contributed by atoms with Crippen molar-refractivity contribution in [2.24, 2.45) is 0 Å². The SMILES string of the molecule is CNS(=O)(=O)c1ccc(Nc2cccc(C)c2)cc1N. The lowest BCUT2D eigenvalue weighted by Gasteiger charge is -2.11. The van der Waals surface area contributed by atoms with Crippen LogP contribution in [0.2, 0.25) is 0 Å². The molecule has 2 rings (SSSR count). The monoisotopic (exact) mass is 291 g/mol. The van der Waals surface area contributed by atoms with Crippen molar-refractivity contribution >= 4 is 27.1 Å². The van der Waals surface area contributed by atoms with Crippen LogP contribution in [0.1, 0.15) is 5.56 Å². The molecular weight excluding hydrogens is 274 g/mol. The van der Waals surface area contributed by atoms with Gasteiger partial charge in [0, 0.05) is 11.4 Å².